The van der Waals surface area contributed by atoms with Crippen LogP contribution in [0.2, 0.25) is 0 Å². The lowest BCUT2D eigenvalue weighted by molar-refractivity contribution is 0.131. The first kappa shape index (κ1) is 19.6. The third-order valence-corrected chi connectivity index (χ3v) is 5.83. The zero-order valence-corrected chi connectivity index (χ0v) is 18.0. The number of aromatic amines is 1. The number of H-pyrrole nitrogens is 1. The first-order valence-electron chi connectivity index (χ1n) is 10.7. The van der Waals surface area contributed by atoms with E-state index in [0.29, 0.717) is 0 Å². The molecule has 0 radical (unpaired) electrons. The molecule has 0 saturated heterocycles. The highest BCUT2D eigenvalue weighted by atomic mass is 16.5. The highest BCUT2D eigenvalue weighted by Gasteiger charge is 2.28. The van der Waals surface area contributed by atoms with Crippen LogP contribution >= 0.6 is 0 Å². The van der Waals surface area contributed by atoms with Crippen LogP contribution in [-0.2, 0) is 0 Å². The lowest BCUT2D eigenvalue weighted by Crippen LogP contribution is -2.31. The average Bonchev–Trinajstić information content (AvgIpc) is 3.06. The molecule has 150 valence electrons. The number of aromatic nitrogens is 1. The number of nitrogens with one attached hydrogen (secondary N) is 1. The van der Waals surface area contributed by atoms with Gasteiger partial charge in [-0.15, -0.1) is 0 Å². The van der Waals surface area contributed by atoms with Crippen LogP contribution in [0.15, 0.2) is 65.8 Å². The second-order valence-electron chi connectivity index (χ2n) is 8.73. The fraction of sp³-hybridized carbons (Fsp3) is 0.333. The van der Waals surface area contributed by atoms with Gasteiger partial charge in [0.05, 0.1) is 10.9 Å². The summed E-state index contributed by atoms with van der Waals surface area (Å²) in [5.74, 6) is 1.01. The van der Waals surface area contributed by atoms with Crippen molar-refractivity contribution in [2.75, 3.05) is 0 Å². The van der Waals surface area contributed by atoms with E-state index in [0.717, 1.165) is 48.0 Å². The summed E-state index contributed by atoms with van der Waals surface area (Å²) >= 11 is 0. The summed E-state index contributed by atoms with van der Waals surface area (Å²) in [6, 6.07) is 12.8. The van der Waals surface area contributed by atoms with Crippen molar-refractivity contribution in [1.29, 1.82) is 0 Å². The average molecular weight is 386 g/mol. The highest BCUT2D eigenvalue weighted by molar-refractivity contribution is 6.11. The lowest BCUT2D eigenvalue weighted by Gasteiger charge is -2.32. The van der Waals surface area contributed by atoms with Crippen molar-refractivity contribution >= 4 is 27.9 Å². The molecular weight excluding hydrogens is 354 g/mol. The minimum Gasteiger partial charge on any atom is -0.482 e. The van der Waals surface area contributed by atoms with Gasteiger partial charge in [0.15, 0.2) is 0 Å². The molecule has 29 heavy (non-hydrogen) atoms. The van der Waals surface area contributed by atoms with Gasteiger partial charge >= 0.3 is 0 Å². The van der Waals surface area contributed by atoms with Gasteiger partial charge in [0.1, 0.15) is 11.4 Å². The monoisotopic (exact) mass is 385 g/mol. The fourth-order valence-electron chi connectivity index (χ4n) is 4.13. The topological polar surface area (TPSA) is 25.0 Å². The molecule has 0 amide bonds. The maximum atomic E-state index is 6.65. The Labute approximate surface area is 174 Å². The molecule has 2 heteroatoms. The van der Waals surface area contributed by atoms with Crippen LogP contribution in [0.3, 0.4) is 0 Å². The smallest absolute Gasteiger partial charge is 0.137 e. The van der Waals surface area contributed by atoms with Gasteiger partial charge in [-0.05, 0) is 77.7 Å². The van der Waals surface area contributed by atoms with Crippen LogP contribution in [0.4, 0.5) is 0 Å². The Hall–Kier alpha value is -2.74. The Balaban J connectivity index is 1.53. The zero-order chi connectivity index (χ0) is 20.4. The summed E-state index contributed by atoms with van der Waals surface area (Å²) in [7, 11) is 0. The van der Waals surface area contributed by atoms with Crippen molar-refractivity contribution in [1.82, 2.24) is 4.98 Å². The van der Waals surface area contributed by atoms with Crippen LogP contribution in [0, 0.1) is 0 Å². The molecule has 2 nitrogen and oxygen atoms in total. The lowest BCUT2D eigenvalue weighted by atomic mass is 9.93. The summed E-state index contributed by atoms with van der Waals surface area (Å²) in [4.78, 5) is 3.52. The predicted octanol–water partition coefficient (Wildman–Crippen LogP) is 7.96. The Bertz CT molecular complexity index is 1120. The Kier molecular flexibility index (Phi) is 5.36. The molecule has 0 aliphatic carbocycles. The van der Waals surface area contributed by atoms with Crippen molar-refractivity contribution in [3.05, 3.63) is 71.3 Å². The molecule has 3 aromatic rings. The summed E-state index contributed by atoms with van der Waals surface area (Å²) in [6.45, 7) is 8.76. The van der Waals surface area contributed by atoms with Gasteiger partial charge < -0.3 is 9.72 Å². The molecule has 2 aromatic carbocycles. The predicted molar refractivity (Wildman–Crippen MR) is 126 cm³/mol. The van der Waals surface area contributed by atoms with E-state index in [1.807, 2.05) is 0 Å². The summed E-state index contributed by atoms with van der Waals surface area (Å²) < 4.78 is 6.65. The van der Waals surface area contributed by atoms with Crippen LogP contribution in [0.25, 0.3) is 27.9 Å². The molecule has 1 N–H and O–H groups in total. The Morgan fingerprint density at radius 3 is 2.66 bits per heavy atom. The zero-order valence-electron chi connectivity index (χ0n) is 18.0. The first-order valence-corrected chi connectivity index (χ1v) is 10.7. The van der Waals surface area contributed by atoms with Gasteiger partial charge in [0.25, 0.3) is 0 Å². The normalized spacial score (nSPS) is 18.7. The van der Waals surface area contributed by atoms with E-state index in [1.54, 1.807) is 0 Å². The van der Waals surface area contributed by atoms with Crippen molar-refractivity contribution in [2.45, 2.75) is 59.0 Å². The summed E-state index contributed by atoms with van der Waals surface area (Å²) in [6.07, 6.45) is 13.4. The standard InChI is InChI=1S/C27H31NO/c1-19(2)9-7-10-20(3)11-8-17-27(4)18-16-21-14-15-24-25(26(21)29-27)22-12-5-6-13-23(22)28-24/h5-6,9,11-16,18,28H,7-8,10,17H2,1-4H3/b20-11+. The molecule has 0 fully saturated rings. The number of rotatable bonds is 6. The summed E-state index contributed by atoms with van der Waals surface area (Å²) in [5.41, 5.74) is 6.03. The van der Waals surface area contributed by atoms with E-state index in [1.165, 1.54) is 21.9 Å². The Morgan fingerprint density at radius 2 is 1.83 bits per heavy atom. The van der Waals surface area contributed by atoms with E-state index >= 15 is 0 Å². The fourth-order valence-corrected chi connectivity index (χ4v) is 4.13. The quantitative estimate of drug-likeness (QED) is 0.428. The van der Waals surface area contributed by atoms with Crippen LogP contribution in [0.5, 0.6) is 5.75 Å². The second kappa shape index (κ2) is 7.94. The second-order valence-corrected chi connectivity index (χ2v) is 8.73. The molecule has 1 atom stereocenters. The molecule has 0 saturated carbocycles. The molecular formula is C27H31NO. The third kappa shape index (κ3) is 4.17. The van der Waals surface area contributed by atoms with Crippen molar-refractivity contribution in [2.24, 2.45) is 0 Å². The van der Waals surface area contributed by atoms with E-state index in [-0.39, 0.29) is 5.60 Å². The SMILES string of the molecule is CC(C)=CCC/C(C)=C/CCC1(C)C=Cc2ccc3[nH]c4ccccc4c3c2O1. The number of ether oxygens (including phenoxy) is 1. The van der Waals surface area contributed by atoms with Crippen molar-refractivity contribution in [3.8, 4) is 5.75 Å². The maximum absolute atomic E-state index is 6.65. The van der Waals surface area contributed by atoms with Gasteiger partial charge in [-0.25, -0.2) is 0 Å². The first-order chi connectivity index (χ1) is 14.0. The molecule has 1 aromatic heterocycles. The van der Waals surface area contributed by atoms with Gasteiger partial charge in [-0.3, -0.25) is 0 Å². The minimum atomic E-state index is -0.281. The minimum absolute atomic E-state index is 0.281. The molecule has 2 heterocycles. The highest BCUT2D eigenvalue weighted by Crippen LogP contribution is 2.42. The number of benzene rings is 2. The van der Waals surface area contributed by atoms with Gasteiger partial charge in [0.2, 0.25) is 0 Å². The van der Waals surface area contributed by atoms with E-state index < -0.39 is 0 Å². The summed E-state index contributed by atoms with van der Waals surface area (Å²) in [5, 5.41) is 2.43. The number of hydrogen-bond donors (Lipinski definition) is 1. The van der Waals surface area contributed by atoms with Gasteiger partial charge in [-0.2, -0.15) is 0 Å². The van der Waals surface area contributed by atoms with Crippen molar-refractivity contribution in [3.63, 3.8) is 0 Å². The molecule has 1 aliphatic rings. The van der Waals surface area contributed by atoms with E-state index in [2.05, 4.69) is 93.4 Å². The van der Waals surface area contributed by atoms with Crippen molar-refractivity contribution < 1.29 is 4.74 Å². The molecule has 0 bridgehead atoms. The number of fused-ring (bicyclic) bond motifs is 5. The molecule has 4 rings (SSSR count). The largest absolute Gasteiger partial charge is 0.482 e. The Morgan fingerprint density at radius 1 is 1.00 bits per heavy atom. The van der Waals surface area contributed by atoms with E-state index in [4.69, 9.17) is 4.74 Å². The van der Waals surface area contributed by atoms with E-state index in [9.17, 15) is 0 Å². The van der Waals surface area contributed by atoms with Gasteiger partial charge in [-0.1, -0.05) is 47.6 Å². The molecule has 0 spiro atoms. The van der Waals surface area contributed by atoms with Crippen LogP contribution in [0.1, 0.15) is 58.9 Å². The van der Waals surface area contributed by atoms with Crippen LogP contribution < -0.4 is 4.74 Å². The number of hydrogen-bond acceptors (Lipinski definition) is 1. The maximum Gasteiger partial charge on any atom is 0.137 e. The number of para-hydroxylation sites is 1. The third-order valence-electron chi connectivity index (χ3n) is 5.83. The van der Waals surface area contributed by atoms with Crippen LogP contribution in [-0.4, -0.2) is 10.6 Å². The van der Waals surface area contributed by atoms with Gasteiger partial charge in [0, 0.05) is 16.5 Å². The molecule has 1 aliphatic heterocycles. The molecule has 1 unspecified atom stereocenters. The number of allylic oxidation sites excluding steroid dienone is 4.